The van der Waals surface area contributed by atoms with Crippen LogP contribution in [0.5, 0.6) is 0 Å². The summed E-state index contributed by atoms with van der Waals surface area (Å²) < 4.78 is 5.40. The van der Waals surface area contributed by atoms with Crippen molar-refractivity contribution in [3.05, 3.63) is 34.9 Å². The number of nitrogens with one attached hydrogen (secondary N) is 1. The smallest absolute Gasteiger partial charge is 0.0594 e. The van der Waals surface area contributed by atoms with Gasteiger partial charge in [-0.05, 0) is 29.7 Å². The van der Waals surface area contributed by atoms with E-state index in [0.717, 1.165) is 45.9 Å². The second-order valence-corrected chi connectivity index (χ2v) is 4.87. The van der Waals surface area contributed by atoms with Crippen LogP contribution in [0.25, 0.3) is 0 Å². The molecular formula is C14H20N2O. The van der Waals surface area contributed by atoms with E-state index >= 15 is 0 Å². The Morgan fingerprint density at radius 3 is 3.00 bits per heavy atom. The second kappa shape index (κ2) is 5.17. The first kappa shape index (κ1) is 11.2. The number of hydrogen-bond donors (Lipinski definition) is 1. The van der Waals surface area contributed by atoms with Gasteiger partial charge in [0.05, 0.1) is 13.2 Å². The minimum Gasteiger partial charge on any atom is -0.379 e. The molecule has 3 nitrogen and oxygen atoms in total. The molecule has 1 saturated heterocycles. The molecule has 0 saturated carbocycles. The van der Waals surface area contributed by atoms with Crippen LogP contribution in [-0.2, 0) is 24.2 Å². The second-order valence-electron chi connectivity index (χ2n) is 4.87. The largest absolute Gasteiger partial charge is 0.379 e. The van der Waals surface area contributed by atoms with Gasteiger partial charge in [-0.3, -0.25) is 4.90 Å². The van der Waals surface area contributed by atoms with E-state index in [1.54, 1.807) is 5.56 Å². The Balaban J connectivity index is 1.77. The van der Waals surface area contributed by atoms with Crippen molar-refractivity contribution >= 4 is 0 Å². The summed E-state index contributed by atoms with van der Waals surface area (Å²) in [5.41, 5.74) is 4.59. The van der Waals surface area contributed by atoms with Gasteiger partial charge in [-0.25, -0.2) is 0 Å². The molecule has 0 radical (unpaired) electrons. The summed E-state index contributed by atoms with van der Waals surface area (Å²) in [6.45, 7) is 7.16. The fourth-order valence-electron chi connectivity index (χ4n) is 2.76. The van der Waals surface area contributed by atoms with Gasteiger partial charge in [-0.1, -0.05) is 18.2 Å². The maximum Gasteiger partial charge on any atom is 0.0594 e. The molecular weight excluding hydrogens is 212 g/mol. The zero-order valence-electron chi connectivity index (χ0n) is 10.2. The van der Waals surface area contributed by atoms with Crippen molar-refractivity contribution in [3.63, 3.8) is 0 Å². The average molecular weight is 232 g/mol. The van der Waals surface area contributed by atoms with E-state index in [1.807, 2.05) is 0 Å². The van der Waals surface area contributed by atoms with E-state index < -0.39 is 0 Å². The third-order valence-corrected chi connectivity index (χ3v) is 3.73. The van der Waals surface area contributed by atoms with Crippen molar-refractivity contribution in [2.45, 2.75) is 19.5 Å². The summed E-state index contributed by atoms with van der Waals surface area (Å²) >= 11 is 0. The summed E-state index contributed by atoms with van der Waals surface area (Å²) in [6.07, 6.45) is 1.18. The molecule has 0 aromatic heterocycles. The molecule has 0 unspecified atom stereocenters. The molecule has 0 aliphatic carbocycles. The van der Waals surface area contributed by atoms with Crippen LogP contribution in [0.1, 0.15) is 16.7 Å². The Morgan fingerprint density at radius 1 is 1.24 bits per heavy atom. The van der Waals surface area contributed by atoms with Crippen molar-refractivity contribution in [1.29, 1.82) is 0 Å². The van der Waals surface area contributed by atoms with Crippen molar-refractivity contribution in [2.24, 2.45) is 0 Å². The lowest BCUT2D eigenvalue weighted by atomic mass is 9.95. The number of nitrogens with zero attached hydrogens (tertiary/aromatic N) is 1. The van der Waals surface area contributed by atoms with Gasteiger partial charge in [0.25, 0.3) is 0 Å². The summed E-state index contributed by atoms with van der Waals surface area (Å²) in [5.74, 6) is 0. The molecule has 0 bridgehead atoms. The standard InChI is InChI=1S/C14H20N2O/c1-2-12-10-15-5-4-14(12)13(3-1)11-16-6-8-17-9-7-16/h1-3,15H,4-11H2. The third-order valence-electron chi connectivity index (χ3n) is 3.73. The van der Waals surface area contributed by atoms with Gasteiger partial charge >= 0.3 is 0 Å². The van der Waals surface area contributed by atoms with E-state index in [-0.39, 0.29) is 0 Å². The van der Waals surface area contributed by atoms with Crippen LogP contribution in [0.15, 0.2) is 18.2 Å². The first-order valence-electron chi connectivity index (χ1n) is 6.54. The highest BCUT2D eigenvalue weighted by Gasteiger charge is 2.16. The number of hydrogen-bond acceptors (Lipinski definition) is 3. The molecule has 17 heavy (non-hydrogen) atoms. The highest BCUT2D eigenvalue weighted by molar-refractivity contribution is 5.37. The SMILES string of the molecule is c1cc2c(c(CN3CCOCC3)c1)CCNC2. The average Bonchev–Trinajstić information content (AvgIpc) is 2.40. The normalized spacial score (nSPS) is 21.2. The maximum atomic E-state index is 5.40. The summed E-state index contributed by atoms with van der Waals surface area (Å²) in [4.78, 5) is 2.50. The van der Waals surface area contributed by atoms with Gasteiger partial charge in [0.15, 0.2) is 0 Å². The van der Waals surface area contributed by atoms with Crippen molar-refractivity contribution in [3.8, 4) is 0 Å². The van der Waals surface area contributed by atoms with Crippen molar-refractivity contribution in [1.82, 2.24) is 10.2 Å². The quantitative estimate of drug-likeness (QED) is 0.828. The summed E-state index contributed by atoms with van der Waals surface area (Å²) in [7, 11) is 0. The first-order chi connectivity index (χ1) is 8.43. The molecule has 1 fully saturated rings. The highest BCUT2D eigenvalue weighted by atomic mass is 16.5. The topological polar surface area (TPSA) is 24.5 Å². The van der Waals surface area contributed by atoms with Crippen LogP contribution >= 0.6 is 0 Å². The molecule has 2 aliphatic heterocycles. The van der Waals surface area contributed by atoms with Crippen molar-refractivity contribution < 1.29 is 4.74 Å². The lowest BCUT2D eigenvalue weighted by molar-refractivity contribution is 0.0340. The fraction of sp³-hybridized carbons (Fsp3) is 0.571. The van der Waals surface area contributed by atoms with Crippen LogP contribution in [-0.4, -0.2) is 37.7 Å². The van der Waals surface area contributed by atoms with Crippen LogP contribution in [0.4, 0.5) is 0 Å². The Hall–Kier alpha value is -0.900. The lowest BCUT2D eigenvalue weighted by Gasteiger charge is -2.29. The maximum absolute atomic E-state index is 5.40. The minimum absolute atomic E-state index is 0.885. The molecule has 3 heteroatoms. The monoisotopic (exact) mass is 232 g/mol. The number of fused-ring (bicyclic) bond motifs is 1. The van der Waals surface area contributed by atoms with Crippen molar-refractivity contribution in [2.75, 3.05) is 32.8 Å². The van der Waals surface area contributed by atoms with E-state index in [9.17, 15) is 0 Å². The van der Waals surface area contributed by atoms with Gasteiger partial charge < -0.3 is 10.1 Å². The Bertz CT molecular complexity index is 386. The molecule has 3 rings (SSSR count). The van der Waals surface area contributed by atoms with Crippen LogP contribution in [0, 0.1) is 0 Å². The predicted octanol–water partition coefficient (Wildman–Crippen LogP) is 1.16. The zero-order valence-corrected chi connectivity index (χ0v) is 10.2. The molecule has 1 aromatic carbocycles. The molecule has 0 spiro atoms. The Kier molecular flexibility index (Phi) is 3.41. The van der Waals surface area contributed by atoms with E-state index in [4.69, 9.17) is 4.74 Å². The molecule has 2 heterocycles. The lowest BCUT2D eigenvalue weighted by Crippen LogP contribution is -2.36. The first-order valence-corrected chi connectivity index (χ1v) is 6.54. The molecule has 1 N–H and O–H groups in total. The molecule has 0 atom stereocenters. The minimum atomic E-state index is 0.885. The summed E-state index contributed by atoms with van der Waals surface area (Å²) in [5, 5.41) is 3.44. The van der Waals surface area contributed by atoms with Gasteiger partial charge in [-0.2, -0.15) is 0 Å². The van der Waals surface area contributed by atoms with Crippen LogP contribution < -0.4 is 5.32 Å². The zero-order chi connectivity index (χ0) is 11.5. The molecule has 1 aromatic rings. The van der Waals surface area contributed by atoms with E-state index in [2.05, 4.69) is 28.4 Å². The van der Waals surface area contributed by atoms with Gasteiger partial charge in [-0.15, -0.1) is 0 Å². The Morgan fingerprint density at radius 2 is 2.12 bits per heavy atom. The van der Waals surface area contributed by atoms with Gasteiger partial charge in [0.1, 0.15) is 0 Å². The summed E-state index contributed by atoms with van der Waals surface area (Å²) in [6, 6.07) is 6.74. The number of rotatable bonds is 2. The molecule has 92 valence electrons. The number of benzene rings is 1. The third kappa shape index (κ3) is 2.51. The van der Waals surface area contributed by atoms with Gasteiger partial charge in [0.2, 0.25) is 0 Å². The van der Waals surface area contributed by atoms with Crippen LogP contribution in [0.2, 0.25) is 0 Å². The predicted molar refractivity (Wildman–Crippen MR) is 67.9 cm³/mol. The molecule has 0 amide bonds. The Labute approximate surface area is 103 Å². The van der Waals surface area contributed by atoms with E-state index in [0.29, 0.717) is 0 Å². The fourth-order valence-corrected chi connectivity index (χ4v) is 2.76. The van der Waals surface area contributed by atoms with Gasteiger partial charge in [0, 0.05) is 26.2 Å². The number of ether oxygens (including phenoxy) is 1. The highest BCUT2D eigenvalue weighted by Crippen LogP contribution is 2.20. The number of morpholine rings is 1. The van der Waals surface area contributed by atoms with Crippen LogP contribution in [0.3, 0.4) is 0 Å². The van der Waals surface area contributed by atoms with E-state index in [1.165, 1.54) is 17.5 Å². The molecule has 2 aliphatic rings.